The van der Waals surface area contributed by atoms with Gasteiger partial charge in [0.1, 0.15) is 28.6 Å². The Morgan fingerprint density at radius 2 is 1.89 bits per heavy atom. The number of carbonyl (C=O) groups excluding carboxylic acids is 3. The number of nitrogens with two attached hydrogens (primary N) is 1. The second-order valence-electron chi connectivity index (χ2n) is 8.33. The lowest BCUT2D eigenvalue weighted by Crippen LogP contribution is -2.14. The Bertz CT molecular complexity index is 1570. The van der Waals surface area contributed by atoms with Crippen molar-refractivity contribution in [3.63, 3.8) is 0 Å². The number of nitrogens with one attached hydrogen (secondary N) is 1. The topological polar surface area (TPSA) is 142 Å². The van der Waals surface area contributed by atoms with Crippen molar-refractivity contribution < 1.29 is 19.1 Å². The molecule has 0 spiro atoms. The molecule has 0 fully saturated rings. The maximum atomic E-state index is 13.1. The van der Waals surface area contributed by atoms with Gasteiger partial charge in [0.05, 0.1) is 12.7 Å². The maximum absolute atomic E-state index is 13.1. The van der Waals surface area contributed by atoms with E-state index in [-0.39, 0.29) is 35.5 Å². The normalized spacial score (nSPS) is 10.5. The van der Waals surface area contributed by atoms with Crippen LogP contribution in [0.15, 0.2) is 55.0 Å². The number of methoxy groups -OCH3 is 1. The smallest absolute Gasteiger partial charge is 0.260 e. The molecular formula is C28H26N6O4. The lowest BCUT2D eigenvalue weighted by Gasteiger charge is -2.10. The highest BCUT2D eigenvalue weighted by Gasteiger charge is 2.22. The molecule has 3 aromatic heterocycles. The number of ether oxygens (including phenoxy) is 1. The predicted molar refractivity (Wildman–Crippen MR) is 143 cm³/mol. The van der Waals surface area contributed by atoms with Crippen molar-refractivity contribution in [1.82, 2.24) is 19.4 Å². The molecule has 0 unspecified atom stereocenters. The van der Waals surface area contributed by atoms with Crippen LogP contribution in [0.1, 0.15) is 53.6 Å². The Kier molecular flexibility index (Phi) is 8.08. The van der Waals surface area contributed by atoms with Gasteiger partial charge in [-0.15, -0.1) is 0 Å². The molecule has 0 saturated carbocycles. The Labute approximate surface area is 219 Å². The van der Waals surface area contributed by atoms with E-state index in [4.69, 9.17) is 10.5 Å². The van der Waals surface area contributed by atoms with Crippen LogP contribution >= 0.6 is 0 Å². The van der Waals surface area contributed by atoms with Gasteiger partial charge in [-0.2, -0.15) is 0 Å². The number of unbranched alkanes of at least 4 members (excludes halogenated alkanes) is 1. The molecule has 10 heteroatoms. The summed E-state index contributed by atoms with van der Waals surface area (Å²) in [6, 6.07) is 10.2. The number of imidazole rings is 1. The lowest BCUT2D eigenvalue weighted by atomic mass is 10.1. The molecule has 0 radical (unpaired) electrons. The summed E-state index contributed by atoms with van der Waals surface area (Å²) in [5, 5.41) is 2.74. The van der Waals surface area contributed by atoms with Gasteiger partial charge in [0.2, 0.25) is 5.78 Å². The van der Waals surface area contributed by atoms with Crippen molar-refractivity contribution in [3.05, 3.63) is 66.4 Å². The van der Waals surface area contributed by atoms with E-state index in [2.05, 4.69) is 32.1 Å². The standard InChI is InChI=1S/C28H26N6O4/c1-3-8-19(35)9-4-5-10-21(36)27-33-24(25-26(29)31-15-16-34(25)27)18-12-13-20(22(17-18)38-2)28(37)32-23-11-6-7-14-30-23/h6-7,11-17H,4-5,9-10H2,1-2H3,(H2,29,31)(H,30,32,37). The van der Waals surface area contributed by atoms with Crippen molar-refractivity contribution in [1.29, 1.82) is 0 Å². The second-order valence-corrected chi connectivity index (χ2v) is 8.33. The molecule has 1 amide bonds. The number of ketones is 2. The SMILES string of the molecule is CC#CC(=O)CCCCC(=O)c1nc(-c2ccc(C(=O)Nc3ccccn3)c(OC)c2)c2c(N)nccn12. The van der Waals surface area contributed by atoms with Crippen LogP contribution in [0.3, 0.4) is 0 Å². The van der Waals surface area contributed by atoms with E-state index in [1.54, 1.807) is 60.1 Å². The fourth-order valence-corrected chi connectivity index (χ4v) is 3.99. The zero-order valence-electron chi connectivity index (χ0n) is 21.0. The first-order chi connectivity index (χ1) is 18.4. The van der Waals surface area contributed by atoms with E-state index in [1.807, 2.05) is 0 Å². The molecule has 0 aliphatic heterocycles. The van der Waals surface area contributed by atoms with E-state index in [1.165, 1.54) is 13.3 Å². The van der Waals surface area contributed by atoms with E-state index in [0.29, 0.717) is 53.2 Å². The lowest BCUT2D eigenvalue weighted by molar-refractivity contribution is -0.113. The fraction of sp³-hybridized carbons (Fsp3) is 0.214. The highest BCUT2D eigenvalue weighted by atomic mass is 16.5. The van der Waals surface area contributed by atoms with Crippen molar-refractivity contribution in [3.8, 4) is 28.8 Å². The number of anilines is 2. The third-order valence-corrected chi connectivity index (χ3v) is 5.78. The molecule has 0 bridgehead atoms. The molecule has 1 aromatic carbocycles. The third-order valence-electron chi connectivity index (χ3n) is 5.78. The number of Topliss-reactive ketones (excluding diaryl/α,β-unsaturated/α-hetero) is 2. The number of fused-ring (bicyclic) bond motifs is 1. The van der Waals surface area contributed by atoms with Gasteiger partial charge >= 0.3 is 0 Å². The second kappa shape index (κ2) is 11.8. The maximum Gasteiger partial charge on any atom is 0.260 e. The van der Waals surface area contributed by atoms with Gasteiger partial charge < -0.3 is 15.8 Å². The third kappa shape index (κ3) is 5.68. The summed E-state index contributed by atoms with van der Waals surface area (Å²) >= 11 is 0. The summed E-state index contributed by atoms with van der Waals surface area (Å²) < 4.78 is 7.11. The summed E-state index contributed by atoms with van der Waals surface area (Å²) in [4.78, 5) is 50.4. The highest BCUT2D eigenvalue weighted by Crippen LogP contribution is 2.32. The number of nitrogens with zero attached hydrogens (tertiary/aromatic N) is 4. The quantitative estimate of drug-likeness (QED) is 0.141. The summed E-state index contributed by atoms with van der Waals surface area (Å²) in [6.07, 6.45) is 6.30. The first-order valence-electron chi connectivity index (χ1n) is 11.9. The minimum absolute atomic E-state index is 0.140. The van der Waals surface area contributed by atoms with Crippen LogP contribution in [0, 0.1) is 11.8 Å². The van der Waals surface area contributed by atoms with Gasteiger partial charge in [-0.1, -0.05) is 18.1 Å². The van der Waals surface area contributed by atoms with Crippen LogP contribution in [0.25, 0.3) is 16.8 Å². The molecule has 10 nitrogen and oxygen atoms in total. The summed E-state index contributed by atoms with van der Waals surface area (Å²) in [6.45, 7) is 1.61. The first-order valence-corrected chi connectivity index (χ1v) is 11.9. The van der Waals surface area contributed by atoms with E-state index in [9.17, 15) is 14.4 Å². The Balaban J connectivity index is 1.62. The number of nitrogen functional groups attached to an aromatic ring is 1. The van der Waals surface area contributed by atoms with Crippen LogP contribution in [-0.4, -0.2) is 43.9 Å². The monoisotopic (exact) mass is 510 g/mol. The van der Waals surface area contributed by atoms with E-state index in [0.717, 1.165) is 0 Å². The molecule has 0 aliphatic rings. The molecule has 192 valence electrons. The van der Waals surface area contributed by atoms with Crippen LogP contribution in [0.5, 0.6) is 5.75 Å². The van der Waals surface area contributed by atoms with Gasteiger partial charge in [-0.25, -0.2) is 15.0 Å². The van der Waals surface area contributed by atoms with Gasteiger partial charge in [-0.05, 0) is 50.0 Å². The van der Waals surface area contributed by atoms with Gasteiger partial charge in [-0.3, -0.25) is 18.8 Å². The number of amides is 1. The Morgan fingerprint density at radius 3 is 2.63 bits per heavy atom. The molecule has 0 saturated heterocycles. The molecule has 38 heavy (non-hydrogen) atoms. The number of aromatic nitrogens is 4. The van der Waals surface area contributed by atoms with Crippen LogP contribution in [0.4, 0.5) is 11.6 Å². The number of pyridine rings is 1. The van der Waals surface area contributed by atoms with Crippen molar-refractivity contribution in [2.24, 2.45) is 0 Å². The minimum Gasteiger partial charge on any atom is -0.496 e. The molecule has 3 N–H and O–H groups in total. The fourth-order valence-electron chi connectivity index (χ4n) is 3.99. The summed E-state index contributed by atoms with van der Waals surface area (Å²) in [7, 11) is 1.46. The van der Waals surface area contributed by atoms with Crippen molar-refractivity contribution in [2.45, 2.75) is 32.6 Å². The zero-order chi connectivity index (χ0) is 27.1. The molecule has 3 heterocycles. The molecule has 4 rings (SSSR count). The Hall–Kier alpha value is -5.04. The zero-order valence-corrected chi connectivity index (χ0v) is 21.0. The largest absolute Gasteiger partial charge is 0.496 e. The van der Waals surface area contributed by atoms with E-state index >= 15 is 0 Å². The number of hydrogen-bond donors (Lipinski definition) is 2. The molecular weight excluding hydrogens is 484 g/mol. The highest BCUT2D eigenvalue weighted by molar-refractivity contribution is 6.06. The molecule has 0 atom stereocenters. The summed E-state index contributed by atoms with van der Waals surface area (Å²) in [5.74, 6) is 5.50. The Morgan fingerprint density at radius 1 is 1.08 bits per heavy atom. The van der Waals surface area contributed by atoms with Crippen molar-refractivity contribution >= 4 is 34.6 Å². The van der Waals surface area contributed by atoms with E-state index < -0.39 is 0 Å². The van der Waals surface area contributed by atoms with Gasteiger partial charge in [0.25, 0.3) is 5.91 Å². The number of rotatable bonds is 10. The molecule has 0 aliphatic carbocycles. The van der Waals surface area contributed by atoms with Crippen LogP contribution < -0.4 is 15.8 Å². The molecule has 4 aromatic rings. The van der Waals surface area contributed by atoms with Crippen LogP contribution in [0.2, 0.25) is 0 Å². The number of hydrogen-bond acceptors (Lipinski definition) is 8. The van der Waals surface area contributed by atoms with Gasteiger partial charge in [0, 0.05) is 37.0 Å². The van der Waals surface area contributed by atoms with Crippen molar-refractivity contribution in [2.75, 3.05) is 18.2 Å². The first kappa shape index (κ1) is 26.0. The minimum atomic E-state index is -0.387. The average molecular weight is 511 g/mol. The summed E-state index contributed by atoms with van der Waals surface area (Å²) in [5.41, 5.74) is 7.99. The van der Waals surface area contributed by atoms with Gasteiger partial charge in [0.15, 0.2) is 11.6 Å². The number of benzene rings is 1. The number of carbonyl (C=O) groups is 3. The predicted octanol–water partition coefficient (Wildman–Crippen LogP) is 3.97. The van der Waals surface area contributed by atoms with Crippen LogP contribution in [-0.2, 0) is 4.79 Å². The average Bonchev–Trinajstić information content (AvgIpc) is 3.32.